The number of amides is 1. The van der Waals surface area contributed by atoms with Gasteiger partial charge in [0.1, 0.15) is 11.9 Å². The molecule has 2 saturated heterocycles. The molecule has 1 aromatic carbocycles. The van der Waals surface area contributed by atoms with Crippen LogP contribution in [0.25, 0.3) is 0 Å². The lowest BCUT2D eigenvalue weighted by molar-refractivity contribution is -0.132. The van der Waals surface area contributed by atoms with Gasteiger partial charge in [0.15, 0.2) is 0 Å². The van der Waals surface area contributed by atoms with Crippen molar-refractivity contribution in [3.8, 4) is 5.75 Å². The maximum absolute atomic E-state index is 12.5. The van der Waals surface area contributed by atoms with Crippen LogP contribution in [0.2, 0.25) is 0 Å². The van der Waals surface area contributed by atoms with E-state index < -0.39 is 0 Å². The molecular weight excluding hydrogens is 268 g/mol. The summed E-state index contributed by atoms with van der Waals surface area (Å²) in [4.78, 5) is 14.4. The maximum atomic E-state index is 12.5. The Kier molecular flexibility index (Phi) is 3.87. The Labute approximate surface area is 125 Å². The van der Waals surface area contributed by atoms with Gasteiger partial charge in [0.2, 0.25) is 5.91 Å². The Morgan fingerprint density at radius 3 is 2.86 bits per heavy atom. The van der Waals surface area contributed by atoms with E-state index in [2.05, 4.69) is 11.4 Å². The number of nitrogens with zero attached hydrogens (tertiary/aromatic N) is 1. The Morgan fingerprint density at radius 1 is 1.43 bits per heavy atom. The second-order valence-corrected chi connectivity index (χ2v) is 5.78. The molecule has 5 nitrogen and oxygen atoms in total. The fourth-order valence-corrected chi connectivity index (χ4v) is 3.20. The summed E-state index contributed by atoms with van der Waals surface area (Å²) in [5, 5.41) is 3.39. The van der Waals surface area contributed by atoms with Gasteiger partial charge in [-0.1, -0.05) is 6.07 Å². The second-order valence-electron chi connectivity index (χ2n) is 5.78. The Balaban J connectivity index is 1.91. The van der Waals surface area contributed by atoms with E-state index in [0.717, 1.165) is 29.9 Å². The van der Waals surface area contributed by atoms with Crippen LogP contribution >= 0.6 is 0 Å². The lowest BCUT2D eigenvalue weighted by Crippen LogP contribution is -2.40. The second kappa shape index (κ2) is 5.66. The van der Waals surface area contributed by atoms with Gasteiger partial charge >= 0.3 is 0 Å². The van der Waals surface area contributed by atoms with E-state index in [1.165, 1.54) is 0 Å². The van der Waals surface area contributed by atoms with Crippen LogP contribution in [0.3, 0.4) is 0 Å². The number of hydrogen-bond acceptors (Lipinski definition) is 4. The first kappa shape index (κ1) is 14.4. The van der Waals surface area contributed by atoms with Crippen molar-refractivity contribution in [3.63, 3.8) is 0 Å². The van der Waals surface area contributed by atoms with Gasteiger partial charge in [-0.15, -0.1) is 0 Å². The SMILES string of the molecule is COc1ccc(C2NC(C)C(=O)N2C2CCOC2)cc1C. The summed E-state index contributed by atoms with van der Waals surface area (Å²) in [6.45, 7) is 5.30. The van der Waals surface area contributed by atoms with Gasteiger partial charge in [-0.05, 0) is 43.5 Å². The summed E-state index contributed by atoms with van der Waals surface area (Å²) in [5.74, 6) is 1.02. The van der Waals surface area contributed by atoms with Gasteiger partial charge < -0.3 is 14.4 Å². The Bertz CT molecular complexity index is 540. The molecule has 0 saturated carbocycles. The molecule has 3 unspecified atom stereocenters. The minimum Gasteiger partial charge on any atom is -0.496 e. The third kappa shape index (κ3) is 2.51. The van der Waals surface area contributed by atoms with E-state index in [1.54, 1.807) is 7.11 Å². The topological polar surface area (TPSA) is 50.8 Å². The van der Waals surface area contributed by atoms with Crippen LogP contribution in [0, 0.1) is 6.92 Å². The van der Waals surface area contributed by atoms with Crippen LogP contribution in [0.15, 0.2) is 18.2 Å². The maximum Gasteiger partial charge on any atom is 0.241 e. The number of ether oxygens (including phenoxy) is 2. The minimum absolute atomic E-state index is 0.0798. The van der Waals surface area contributed by atoms with Crippen molar-refractivity contribution in [1.82, 2.24) is 10.2 Å². The normalized spacial score (nSPS) is 29.2. The van der Waals surface area contributed by atoms with Crippen LogP contribution in [-0.4, -0.2) is 43.2 Å². The number of nitrogens with one attached hydrogen (secondary N) is 1. The molecule has 5 heteroatoms. The van der Waals surface area contributed by atoms with E-state index >= 15 is 0 Å². The Morgan fingerprint density at radius 2 is 2.24 bits per heavy atom. The largest absolute Gasteiger partial charge is 0.496 e. The number of carbonyl (C=O) groups is 1. The highest BCUT2D eigenvalue weighted by Crippen LogP contribution is 2.32. The van der Waals surface area contributed by atoms with Gasteiger partial charge in [0.05, 0.1) is 25.8 Å². The summed E-state index contributed by atoms with van der Waals surface area (Å²) >= 11 is 0. The third-order valence-electron chi connectivity index (χ3n) is 4.34. The van der Waals surface area contributed by atoms with Crippen molar-refractivity contribution in [1.29, 1.82) is 0 Å². The molecule has 1 aromatic rings. The van der Waals surface area contributed by atoms with E-state index in [1.807, 2.05) is 30.9 Å². The average Bonchev–Trinajstić information content (AvgIpc) is 3.08. The molecule has 0 bridgehead atoms. The summed E-state index contributed by atoms with van der Waals surface area (Å²) in [6.07, 6.45) is 0.829. The molecule has 3 rings (SSSR count). The fraction of sp³-hybridized carbons (Fsp3) is 0.562. The first-order chi connectivity index (χ1) is 10.1. The van der Waals surface area contributed by atoms with Crippen molar-refractivity contribution in [2.45, 2.75) is 38.5 Å². The number of hydrogen-bond donors (Lipinski definition) is 1. The van der Waals surface area contributed by atoms with E-state index in [4.69, 9.17) is 9.47 Å². The molecule has 0 radical (unpaired) electrons. The zero-order valence-electron chi connectivity index (χ0n) is 12.8. The predicted octanol–water partition coefficient (Wildman–Crippen LogP) is 1.61. The molecule has 114 valence electrons. The molecule has 3 atom stereocenters. The number of methoxy groups -OCH3 is 1. The standard InChI is InChI=1S/C16H22N2O3/c1-10-8-12(4-5-14(10)20-3)15-17-11(2)16(19)18(15)13-6-7-21-9-13/h4-5,8,11,13,15,17H,6-7,9H2,1-3H3. The zero-order valence-corrected chi connectivity index (χ0v) is 12.8. The third-order valence-corrected chi connectivity index (χ3v) is 4.34. The van der Waals surface area contributed by atoms with Crippen LogP contribution in [0.1, 0.15) is 30.6 Å². The van der Waals surface area contributed by atoms with Crippen molar-refractivity contribution >= 4 is 5.91 Å². The molecule has 1 N–H and O–H groups in total. The number of aryl methyl sites for hydroxylation is 1. The molecule has 2 fully saturated rings. The Hall–Kier alpha value is -1.59. The fourth-order valence-electron chi connectivity index (χ4n) is 3.20. The molecule has 2 aliphatic heterocycles. The minimum atomic E-state index is -0.155. The van der Waals surface area contributed by atoms with Crippen LogP contribution in [-0.2, 0) is 9.53 Å². The highest BCUT2D eigenvalue weighted by atomic mass is 16.5. The van der Waals surface area contributed by atoms with Gasteiger partial charge in [0.25, 0.3) is 0 Å². The van der Waals surface area contributed by atoms with Crippen LogP contribution < -0.4 is 10.1 Å². The van der Waals surface area contributed by atoms with Crippen molar-refractivity contribution in [3.05, 3.63) is 29.3 Å². The molecule has 1 amide bonds. The van der Waals surface area contributed by atoms with Gasteiger partial charge in [-0.2, -0.15) is 0 Å². The van der Waals surface area contributed by atoms with Crippen molar-refractivity contribution in [2.24, 2.45) is 0 Å². The van der Waals surface area contributed by atoms with Crippen LogP contribution in [0.4, 0.5) is 0 Å². The summed E-state index contributed by atoms with van der Waals surface area (Å²) in [6, 6.07) is 6.09. The van der Waals surface area contributed by atoms with E-state index in [0.29, 0.717) is 6.61 Å². The highest BCUT2D eigenvalue weighted by Gasteiger charge is 2.42. The van der Waals surface area contributed by atoms with E-state index in [-0.39, 0.29) is 24.2 Å². The van der Waals surface area contributed by atoms with Gasteiger partial charge in [-0.25, -0.2) is 0 Å². The predicted molar refractivity (Wildman–Crippen MR) is 79.1 cm³/mol. The van der Waals surface area contributed by atoms with Crippen molar-refractivity contribution < 1.29 is 14.3 Å². The molecule has 0 aliphatic carbocycles. The molecule has 0 aromatic heterocycles. The van der Waals surface area contributed by atoms with Gasteiger partial charge in [-0.3, -0.25) is 10.1 Å². The molecule has 21 heavy (non-hydrogen) atoms. The number of rotatable bonds is 3. The quantitative estimate of drug-likeness (QED) is 0.919. The highest BCUT2D eigenvalue weighted by molar-refractivity contribution is 5.84. The zero-order chi connectivity index (χ0) is 15.0. The number of carbonyl (C=O) groups excluding carboxylic acids is 1. The smallest absolute Gasteiger partial charge is 0.241 e. The summed E-state index contributed by atoms with van der Waals surface area (Å²) < 4.78 is 10.8. The molecular formula is C16H22N2O3. The monoisotopic (exact) mass is 290 g/mol. The average molecular weight is 290 g/mol. The van der Waals surface area contributed by atoms with Gasteiger partial charge in [0, 0.05) is 6.61 Å². The molecule has 2 heterocycles. The number of benzene rings is 1. The lowest BCUT2D eigenvalue weighted by Gasteiger charge is -2.29. The van der Waals surface area contributed by atoms with Crippen LogP contribution in [0.5, 0.6) is 5.75 Å². The van der Waals surface area contributed by atoms with Crippen molar-refractivity contribution in [2.75, 3.05) is 20.3 Å². The molecule has 0 spiro atoms. The van der Waals surface area contributed by atoms with E-state index in [9.17, 15) is 4.79 Å². The summed E-state index contributed by atoms with van der Waals surface area (Å²) in [7, 11) is 1.67. The first-order valence-electron chi connectivity index (χ1n) is 7.42. The molecule has 2 aliphatic rings. The summed E-state index contributed by atoms with van der Waals surface area (Å²) in [5.41, 5.74) is 2.17. The first-order valence-corrected chi connectivity index (χ1v) is 7.42. The lowest BCUT2D eigenvalue weighted by atomic mass is 10.1.